The van der Waals surface area contributed by atoms with Crippen LogP contribution in [0.3, 0.4) is 0 Å². The number of benzene rings is 1. The van der Waals surface area contributed by atoms with E-state index in [-0.39, 0.29) is 0 Å². The van der Waals surface area contributed by atoms with Crippen LogP contribution in [0, 0.1) is 11.3 Å². The summed E-state index contributed by atoms with van der Waals surface area (Å²) in [5.74, 6) is 1.55. The zero-order valence-electron chi connectivity index (χ0n) is 10.1. The maximum absolute atomic E-state index is 9.04. The van der Waals surface area contributed by atoms with Crippen molar-refractivity contribution in [2.24, 2.45) is 5.73 Å². The molecule has 0 spiro atoms. The Labute approximate surface area is 106 Å². The van der Waals surface area contributed by atoms with Gasteiger partial charge in [0.25, 0.3) is 0 Å². The van der Waals surface area contributed by atoms with E-state index in [0.717, 1.165) is 23.7 Å². The third-order valence-corrected chi connectivity index (χ3v) is 3.41. The van der Waals surface area contributed by atoms with Crippen LogP contribution < -0.4 is 20.1 Å². The molecule has 1 atom stereocenters. The monoisotopic (exact) mass is 245 g/mol. The van der Waals surface area contributed by atoms with Gasteiger partial charge in [0, 0.05) is 24.8 Å². The van der Waals surface area contributed by atoms with Crippen molar-refractivity contribution in [2.45, 2.75) is 12.0 Å². The number of nitrogens with zero attached hydrogens (tertiary/aromatic N) is 2. The van der Waals surface area contributed by atoms with Crippen LogP contribution in [0.15, 0.2) is 18.2 Å². The van der Waals surface area contributed by atoms with Crippen molar-refractivity contribution >= 4 is 5.69 Å². The number of hydrogen-bond acceptors (Lipinski definition) is 5. The fourth-order valence-corrected chi connectivity index (χ4v) is 2.37. The predicted molar refractivity (Wildman–Crippen MR) is 66.8 cm³/mol. The Morgan fingerprint density at radius 1 is 1.28 bits per heavy atom. The van der Waals surface area contributed by atoms with Crippen LogP contribution in [0.5, 0.6) is 11.5 Å². The molecule has 1 aromatic carbocycles. The first-order valence-corrected chi connectivity index (χ1v) is 6.05. The number of nitrogens with two attached hydrogens (primary N) is 1. The van der Waals surface area contributed by atoms with Gasteiger partial charge in [0.2, 0.25) is 0 Å². The van der Waals surface area contributed by atoms with Crippen molar-refractivity contribution < 1.29 is 9.47 Å². The molecule has 5 nitrogen and oxygen atoms in total. The highest BCUT2D eigenvalue weighted by Gasteiger charge is 2.34. The maximum Gasteiger partial charge on any atom is 0.163 e. The molecular formula is C13H15N3O2. The van der Waals surface area contributed by atoms with Gasteiger partial charge >= 0.3 is 0 Å². The fourth-order valence-electron chi connectivity index (χ4n) is 2.37. The van der Waals surface area contributed by atoms with Gasteiger partial charge in [0.15, 0.2) is 11.5 Å². The van der Waals surface area contributed by atoms with E-state index in [1.54, 1.807) is 0 Å². The van der Waals surface area contributed by atoms with E-state index in [9.17, 15) is 0 Å². The Kier molecular flexibility index (Phi) is 2.53. The van der Waals surface area contributed by atoms with Gasteiger partial charge < -0.3 is 20.1 Å². The summed E-state index contributed by atoms with van der Waals surface area (Å²) in [4.78, 5) is 2.11. The van der Waals surface area contributed by atoms with Crippen molar-refractivity contribution in [2.75, 3.05) is 31.2 Å². The highest BCUT2D eigenvalue weighted by atomic mass is 16.6. The minimum Gasteiger partial charge on any atom is -0.486 e. The van der Waals surface area contributed by atoms with E-state index >= 15 is 0 Å². The van der Waals surface area contributed by atoms with E-state index < -0.39 is 5.54 Å². The molecule has 1 unspecified atom stereocenters. The second kappa shape index (κ2) is 4.07. The zero-order valence-corrected chi connectivity index (χ0v) is 10.1. The Morgan fingerprint density at radius 3 is 2.78 bits per heavy atom. The molecule has 0 amide bonds. The number of hydrogen-bond donors (Lipinski definition) is 1. The van der Waals surface area contributed by atoms with Crippen molar-refractivity contribution in [1.82, 2.24) is 0 Å². The van der Waals surface area contributed by atoms with E-state index in [1.165, 1.54) is 0 Å². The van der Waals surface area contributed by atoms with Gasteiger partial charge in [-0.1, -0.05) is 0 Å². The Morgan fingerprint density at radius 2 is 2.06 bits per heavy atom. The number of ether oxygens (including phenoxy) is 2. The summed E-state index contributed by atoms with van der Waals surface area (Å²) < 4.78 is 11.0. The standard InChI is InChI=1S/C13H15N3O2/c14-8-13(15)3-4-16(9-13)10-1-2-11-12(7-10)18-6-5-17-11/h1-2,7H,3-6,9,15H2. The first-order valence-electron chi connectivity index (χ1n) is 6.05. The van der Waals surface area contributed by atoms with Gasteiger partial charge in [-0.15, -0.1) is 0 Å². The predicted octanol–water partition coefficient (Wildman–Crippen LogP) is 0.889. The van der Waals surface area contributed by atoms with E-state index in [4.69, 9.17) is 20.5 Å². The molecule has 0 bridgehead atoms. The van der Waals surface area contributed by atoms with Crippen LogP contribution in [-0.2, 0) is 0 Å². The Hall–Kier alpha value is -1.93. The molecular weight excluding hydrogens is 230 g/mol. The molecule has 1 fully saturated rings. The average molecular weight is 245 g/mol. The normalized spacial score (nSPS) is 25.9. The average Bonchev–Trinajstić information content (AvgIpc) is 2.82. The highest BCUT2D eigenvalue weighted by Crippen LogP contribution is 2.35. The summed E-state index contributed by atoms with van der Waals surface area (Å²) in [5.41, 5.74) is 6.27. The third kappa shape index (κ3) is 1.85. The third-order valence-electron chi connectivity index (χ3n) is 3.41. The number of fused-ring (bicyclic) bond motifs is 1. The smallest absolute Gasteiger partial charge is 0.163 e. The van der Waals surface area contributed by atoms with Gasteiger partial charge in [-0.3, -0.25) is 0 Å². The lowest BCUT2D eigenvalue weighted by atomic mass is 10.0. The second-order valence-corrected chi connectivity index (χ2v) is 4.77. The molecule has 2 aliphatic heterocycles. The van der Waals surface area contributed by atoms with Gasteiger partial charge in [0.1, 0.15) is 18.8 Å². The van der Waals surface area contributed by atoms with Gasteiger partial charge in [-0.2, -0.15) is 5.26 Å². The largest absolute Gasteiger partial charge is 0.486 e. The first kappa shape index (κ1) is 11.2. The van der Waals surface area contributed by atoms with Crippen molar-refractivity contribution in [3.8, 4) is 17.6 Å². The molecule has 5 heteroatoms. The SMILES string of the molecule is N#CC1(N)CCN(c2ccc3c(c2)OCCO3)C1. The van der Waals surface area contributed by atoms with Crippen molar-refractivity contribution in [1.29, 1.82) is 5.26 Å². The molecule has 0 aliphatic carbocycles. The molecule has 18 heavy (non-hydrogen) atoms. The summed E-state index contributed by atoms with van der Waals surface area (Å²) >= 11 is 0. The Bertz CT molecular complexity index is 511. The maximum atomic E-state index is 9.04. The van der Waals surface area contributed by atoms with Gasteiger partial charge in [0.05, 0.1) is 6.07 Å². The van der Waals surface area contributed by atoms with E-state index in [2.05, 4.69) is 11.0 Å². The molecule has 3 rings (SSSR count). The topological polar surface area (TPSA) is 71.5 Å². The van der Waals surface area contributed by atoms with Gasteiger partial charge in [-0.05, 0) is 18.6 Å². The van der Waals surface area contributed by atoms with Crippen molar-refractivity contribution in [3.05, 3.63) is 18.2 Å². The molecule has 2 heterocycles. The summed E-state index contributed by atoms with van der Waals surface area (Å²) in [5, 5.41) is 9.04. The van der Waals surface area contributed by atoms with Crippen LogP contribution in [0.1, 0.15) is 6.42 Å². The van der Waals surface area contributed by atoms with E-state index in [0.29, 0.717) is 26.2 Å². The van der Waals surface area contributed by atoms with E-state index in [1.807, 2.05) is 18.2 Å². The summed E-state index contributed by atoms with van der Waals surface area (Å²) in [7, 11) is 0. The molecule has 0 radical (unpaired) electrons. The molecule has 0 aromatic heterocycles. The molecule has 94 valence electrons. The number of nitriles is 1. The zero-order chi connectivity index (χ0) is 12.6. The van der Waals surface area contributed by atoms with Crippen LogP contribution in [0.2, 0.25) is 0 Å². The highest BCUT2D eigenvalue weighted by molar-refractivity contribution is 5.58. The fraction of sp³-hybridized carbons (Fsp3) is 0.462. The summed E-state index contributed by atoms with van der Waals surface area (Å²) in [6.07, 6.45) is 0.692. The lowest BCUT2D eigenvalue weighted by Crippen LogP contribution is -2.41. The lowest BCUT2D eigenvalue weighted by Gasteiger charge is -2.23. The molecule has 0 saturated carbocycles. The molecule has 2 N–H and O–H groups in total. The lowest BCUT2D eigenvalue weighted by molar-refractivity contribution is 0.171. The van der Waals surface area contributed by atoms with Crippen LogP contribution >= 0.6 is 0 Å². The first-order chi connectivity index (χ1) is 8.70. The molecule has 2 aliphatic rings. The second-order valence-electron chi connectivity index (χ2n) is 4.77. The Balaban J connectivity index is 1.84. The van der Waals surface area contributed by atoms with Gasteiger partial charge in [-0.25, -0.2) is 0 Å². The van der Waals surface area contributed by atoms with Crippen LogP contribution in [0.25, 0.3) is 0 Å². The quantitative estimate of drug-likeness (QED) is 0.795. The minimum absolute atomic E-state index is 0.559. The summed E-state index contributed by atoms with van der Waals surface area (Å²) in [6, 6.07) is 8.03. The number of rotatable bonds is 1. The van der Waals surface area contributed by atoms with Crippen molar-refractivity contribution in [3.63, 3.8) is 0 Å². The summed E-state index contributed by atoms with van der Waals surface area (Å²) in [6.45, 7) is 2.53. The van der Waals surface area contributed by atoms with Crippen LogP contribution in [0.4, 0.5) is 5.69 Å². The minimum atomic E-state index is -0.729. The number of anilines is 1. The van der Waals surface area contributed by atoms with Crippen LogP contribution in [-0.4, -0.2) is 31.8 Å². The molecule has 1 aromatic rings. The molecule has 1 saturated heterocycles.